The van der Waals surface area contributed by atoms with E-state index in [4.69, 9.17) is 14.6 Å². The van der Waals surface area contributed by atoms with Crippen molar-refractivity contribution in [1.29, 1.82) is 0 Å². The molecule has 0 amide bonds. The van der Waals surface area contributed by atoms with Crippen molar-refractivity contribution >= 4 is 5.97 Å². The molecule has 1 N–H and O–H groups in total. The molecular formula is C17H35NO4. The van der Waals surface area contributed by atoms with Crippen LogP contribution in [0.3, 0.4) is 0 Å². The molecule has 0 aliphatic heterocycles. The summed E-state index contributed by atoms with van der Waals surface area (Å²) in [5.41, 5.74) is 0. The summed E-state index contributed by atoms with van der Waals surface area (Å²) in [6.07, 6.45) is 7.74. The van der Waals surface area contributed by atoms with Crippen LogP contribution in [0.5, 0.6) is 0 Å². The fourth-order valence-electron chi connectivity index (χ4n) is 2.07. The zero-order valence-corrected chi connectivity index (χ0v) is 14.7. The van der Waals surface area contributed by atoms with Gasteiger partial charge in [0, 0.05) is 19.6 Å². The SMILES string of the molecule is CCCCCCOCC(COCCCCCC(=O)O)N(C)C. The summed E-state index contributed by atoms with van der Waals surface area (Å²) in [5.74, 6) is -0.718. The maximum atomic E-state index is 10.4. The molecule has 0 radical (unpaired) electrons. The van der Waals surface area contributed by atoms with Gasteiger partial charge in [0.1, 0.15) is 0 Å². The largest absolute Gasteiger partial charge is 0.481 e. The van der Waals surface area contributed by atoms with Crippen LogP contribution < -0.4 is 0 Å². The number of rotatable bonds is 16. The third kappa shape index (κ3) is 14.3. The van der Waals surface area contributed by atoms with Crippen molar-refractivity contribution in [1.82, 2.24) is 4.90 Å². The van der Waals surface area contributed by atoms with Crippen LogP contribution in [0.4, 0.5) is 0 Å². The molecule has 0 spiro atoms. The summed E-state index contributed by atoms with van der Waals surface area (Å²) in [6, 6.07) is 0.283. The smallest absolute Gasteiger partial charge is 0.303 e. The second kappa shape index (κ2) is 15.3. The van der Waals surface area contributed by atoms with Gasteiger partial charge in [-0.25, -0.2) is 0 Å². The molecule has 132 valence electrons. The Bertz CT molecular complexity index is 259. The number of likely N-dealkylation sites (N-methyl/N-ethyl adjacent to an activating group) is 1. The highest BCUT2D eigenvalue weighted by molar-refractivity contribution is 5.66. The Morgan fingerprint density at radius 1 is 0.955 bits per heavy atom. The zero-order chi connectivity index (χ0) is 16.6. The molecule has 1 atom stereocenters. The number of carbonyl (C=O) groups is 1. The second-order valence-electron chi connectivity index (χ2n) is 6.03. The van der Waals surface area contributed by atoms with E-state index in [2.05, 4.69) is 11.8 Å². The highest BCUT2D eigenvalue weighted by atomic mass is 16.5. The van der Waals surface area contributed by atoms with Gasteiger partial charge >= 0.3 is 5.97 Å². The van der Waals surface area contributed by atoms with Crippen LogP contribution in [0.15, 0.2) is 0 Å². The molecule has 0 aromatic rings. The maximum Gasteiger partial charge on any atom is 0.303 e. The van der Waals surface area contributed by atoms with E-state index < -0.39 is 5.97 Å². The van der Waals surface area contributed by atoms with E-state index in [1.54, 1.807) is 0 Å². The lowest BCUT2D eigenvalue weighted by Crippen LogP contribution is -2.37. The Morgan fingerprint density at radius 2 is 1.50 bits per heavy atom. The quantitative estimate of drug-likeness (QED) is 0.443. The van der Waals surface area contributed by atoms with E-state index in [0.717, 1.165) is 32.3 Å². The molecule has 0 aromatic heterocycles. The number of aliphatic carboxylic acids is 1. The molecule has 0 aliphatic rings. The van der Waals surface area contributed by atoms with Gasteiger partial charge in [-0.15, -0.1) is 0 Å². The Balaban J connectivity index is 3.54. The van der Waals surface area contributed by atoms with Crippen molar-refractivity contribution in [2.45, 2.75) is 64.3 Å². The van der Waals surface area contributed by atoms with Gasteiger partial charge in [-0.2, -0.15) is 0 Å². The van der Waals surface area contributed by atoms with Crippen molar-refractivity contribution in [3.63, 3.8) is 0 Å². The van der Waals surface area contributed by atoms with Crippen LogP contribution in [-0.2, 0) is 14.3 Å². The molecule has 5 heteroatoms. The first-order chi connectivity index (χ1) is 10.6. The van der Waals surface area contributed by atoms with Crippen LogP contribution in [0.2, 0.25) is 0 Å². The Morgan fingerprint density at radius 3 is 1.95 bits per heavy atom. The van der Waals surface area contributed by atoms with E-state index in [-0.39, 0.29) is 12.5 Å². The number of hydrogen-bond donors (Lipinski definition) is 1. The lowest BCUT2D eigenvalue weighted by molar-refractivity contribution is -0.137. The van der Waals surface area contributed by atoms with E-state index in [1.807, 2.05) is 14.1 Å². The molecule has 0 rings (SSSR count). The van der Waals surface area contributed by atoms with Crippen LogP contribution in [0.25, 0.3) is 0 Å². The number of ether oxygens (including phenoxy) is 2. The predicted molar refractivity (Wildman–Crippen MR) is 89.4 cm³/mol. The fraction of sp³-hybridized carbons (Fsp3) is 0.941. The molecular weight excluding hydrogens is 282 g/mol. The van der Waals surface area contributed by atoms with Crippen molar-refractivity contribution in [2.75, 3.05) is 40.5 Å². The fourth-order valence-corrected chi connectivity index (χ4v) is 2.07. The number of carboxylic acids is 1. The highest BCUT2D eigenvalue weighted by Gasteiger charge is 2.11. The topological polar surface area (TPSA) is 59.0 Å². The minimum Gasteiger partial charge on any atom is -0.481 e. The van der Waals surface area contributed by atoms with Crippen LogP contribution in [-0.4, -0.2) is 62.5 Å². The van der Waals surface area contributed by atoms with E-state index >= 15 is 0 Å². The highest BCUT2D eigenvalue weighted by Crippen LogP contribution is 2.03. The first-order valence-electron chi connectivity index (χ1n) is 8.61. The molecule has 0 heterocycles. The van der Waals surface area contributed by atoms with E-state index in [0.29, 0.717) is 19.8 Å². The summed E-state index contributed by atoms with van der Waals surface area (Å²) < 4.78 is 11.4. The number of unbranched alkanes of at least 4 members (excludes halogenated alkanes) is 5. The summed E-state index contributed by atoms with van der Waals surface area (Å²) in [6.45, 7) is 5.11. The Labute approximate surface area is 136 Å². The molecule has 0 aromatic carbocycles. The van der Waals surface area contributed by atoms with Crippen molar-refractivity contribution in [3.05, 3.63) is 0 Å². The summed E-state index contributed by atoms with van der Waals surface area (Å²) in [4.78, 5) is 12.5. The van der Waals surface area contributed by atoms with Crippen LogP contribution in [0, 0.1) is 0 Å². The molecule has 1 unspecified atom stereocenters. The minimum absolute atomic E-state index is 0.256. The van der Waals surface area contributed by atoms with Gasteiger partial charge in [-0.1, -0.05) is 32.6 Å². The Kier molecular flexibility index (Phi) is 14.8. The van der Waals surface area contributed by atoms with Gasteiger partial charge in [0.05, 0.1) is 19.3 Å². The Hall–Kier alpha value is -0.650. The average Bonchev–Trinajstić information content (AvgIpc) is 2.46. The number of carboxylic acid groups (broad SMARTS) is 1. The standard InChI is InChI=1S/C17H35NO4/c1-4-5-6-9-12-21-14-16(18(2)3)15-22-13-10-7-8-11-17(19)20/h16H,4-15H2,1-3H3,(H,19,20). The third-order valence-corrected chi connectivity index (χ3v) is 3.67. The van der Waals surface area contributed by atoms with Gasteiger partial charge in [0.15, 0.2) is 0 Å². The molecule has 0 fully saturated rings. The summed E-state index contributed by atoms with van der Waals surface area (Å²) in [5, 5.41) is 8.55. The predicted octanol–water partition coefficient (Wildman–Crippen LogP) is 3.18. The van der Waals surface area contributed by atoms with Crippen molar-refractivity contribution in [2.24, 2.45) is 0 Å². The lowest BCUT2D eigenvalue weighted by atomic mass is 10.2. The molecule has 22 heavy (non-hydrogen) atoms. The number of hydrogen-bond acceptors (Lipinski definition) is 4. The molecule has 0 saturated carbocycles. The van der Waals surface area contributed by atoms with Crippen molar-refractivity contribution < 1.29 is 19.4 Å². The molecule has 5 nitrogen and oxygen atoms in total. The minimum atomic E-state index is -0.718. The van der Waals surface area contributed by atoms with E-state index in [9.17, 15) is 4.79 Å². The normalized spacial score (nSPS) is 12.7. The van der Waals surface area contributed by atoms with Gasteiger partial charge in [0.2, 0.25) is 0 Å². The van der Waals surface area contributed by atoms with Gasteiger partial charge < -0.3 is 19.5 Å². The molecule has 0 saturated heterocycles. The molecule has 0 bridgehead atoms. The average molecular weight is 317 g/mol. The zero-order valence-electron chi connectivity index (χ0n) is 14.7. The lowest BCUT2D eigenvalue weighted by Gasteiger charge is -2.24. The number of nitrogens with zero attached hydrogens (tertiary/aromatic N) is 1. The first kappa shape index (κ1) is 21.4. The van der Waals surface area contributed by atoms with Crippen LogP contribution >= 0.6 is 0 Å². The second-order valence-corrected chi connectivity index (χ2v) is 6.03. The van der Waals surface area contributed by atoms with Gasteiger partial charge in [-0.3, -0.25) is 4.79 Å². The summed E-state index contributed by atoms with van der Waals surface area (Å²) >= 11 is 0. The monoisotopic (exact) mass is 317 g/mol. The van der Waals surface area contributed by atoms with Crippen LogP contribution in [0.1, 0.15) is 58.3 Å². The summed E-state index contributed by atoms with van der Waals surface area (Å²) in [7, 11) is 4.09. The maximum absolute atomic E-state index is 10.4. The van der Waals surface area contributed by atoms with Crippen molar-refractivity contribution in [3.8, 4) is 0 Å². The third-order valence-electron chi connectivity index (χ3n) is 3.67. The van der Waals surface area contributed by atoms with Gasteiger partial charge in [0.25, 0.3) is 0 Å². The van der Waals surface area contributed by atoms with E-state index in [1.165, 1.54) is 19.3 Å². The van der Waals surface area contributed by atoms with Gasteiger partial charge in [-0.05, 0) is 33.4 Å². The first-order valence-corrected chi connectivity index (χ1v) is 8.61. The molecule has 0 aliphatic carbocycles.